The molecule has 1 saturated carbocycles. The zero-order valence-electron chi connectivity index (χ0n) is 18.2. The minimum atomic E-state index is -0.438. The van der Waals surface area contributed by atoms with Crippen LogP contribution in [0.3, 0.4) is 0 Å². The van der Waals surface area contributed by atoms with E-state index in [1.807, 2.05) is 0 Å². The summed E-state index contributed by atoms with van der Waals surface area (Å²) >= 11 is 1.49. The average Bonchev–Trinajstić information content (AvgIpc) is 3.34. The number of Topliss-reactive ketones (excluding diaryl/α,β-unsaturated/α-hetero) is 2. The van der Waals surface area contributed by atoms with E-state index in [4.69, 9.17) is 4.74 Å². The second-order valence-electron chi connectivity index (χ2n) is 8.94. The molecule has 32 heavy (non-hydrogen) atoms. The number of benzene rings is 1. The molecular formula is C25H28N2O4S. The Bertz CT molecular complexity index is 1020. The molecule has 2 aliphatic heterocycles. The number of morpholine rings is 1. The van der Waals surface area contributed by atoms with Crippen LogP contribution in [0.2, 0.25) is 0 Å². The molecule has 0 spiro atoms. The summed E-state index contributed by atoms with van der Waals surface area (Å²) in [5.74, 6) is -0.163. The third-order valence-electron chi connectivity index (χ3n) is 6.80. The molecule has 1 saturated heterocycles. The van der Waals surface area contributed by atoms with Crippen LogP contribution in [0.25, 0.3) is 0 Å². The Hall–Kier alpha value is -2.35. The highest BCUT2D eigenvalue weighted by atomic mass is 32.1. The first-order chi connectivity index (χ1) is 15.6. The highest BCUT2D eigenvalue weighted by Gasteiger charge is 2.40. The summed E-state index contributed by atoms with van der Waals surface area (Å²) < 4.78 is 5.42. The van der Waals surface area contributed by atoms with Crippen LogP contribution in [0.1, 0.15) is 51.2 Å². The van der Waals surface area contributed by atoms with Crippen molar-refractivity contribution < 1.29 is 19.1 Å². The number of rotatable bonds is 6. The van der Waals surface area contributed by atoms with Gasteiger partial charge in [-0.05, 0) is 46.9 Å². The molecule has 0 N–H and O–H groups in total. The molecule has 3 aliphatic rings. The molecule has 1 aliphatic carbocycles. The van der Waals surface area contributed by atoms with Crippen molar-refractivity contribution in [1.82, 2.24) is 9.80 Å². The molecule has 168 valence electrons. The maximum absolute atomic E-state index is 12.9. The predicted molar refractivity (Wildman–Crippen MR) is 122 cm³/mol. The first-order valence-electron chi connectivity index (χ1n) is 11.4. The lowest BCUT2D eigenvalue weighted by Gasteiger charge is -2.29. The normalized spacial score (nSPS) is 21.9. The number of nitrogens with zero attached hydrogens (tertiary/aromatic N) is 2. The van der Waals surface area contributed by atoms with Crippen LogP contribution in [-0.2, 0) is 40.3 Å². The molecule has 0 bridgehead atoms. The molecule has 2 fully saturated rings. The Morgan fingerprint density at radius 3 is 2.50 bits per heavy atom. The molecule has 7 heteroatoms. The lowest BCUT2D eigenvalue weighted by molar-refractivity contribution is -0.133. The Kier molecular flexibility index (Phi) is 6.22. The summed E-state index contributed by atoms with van der Waals surface area (Å²) in [6.45, 7) is 5.07. The van der Waals surface area contributed by atoms with Crippen LogP contribution >= 0.6 is 11.3 Å². The smallest absolute Gasteiger partial charge is 0.265 e. The quantitative estimate of drug-likeness (QED) is 0.631. The minimum Gasteiger partial charge on any atom is -0.379 e. The molecule has 1 aromatic carbocycles. The molecule has 0 unspecified atom stereocenters. The number of thiophene rings is 1. The number of amides is 1. The van der Waals surface area contributed by atoms with E-state index in [9.17, 15) is 14.4 Å². The van der Waals surface area contributed by atoms with Gasteiger partial charge >= 0.3 is 0 Å². The minimum absolute atomic E-state index is 0.00989. The van der Waals surface area contributed by atoms with Gasteiger partial charge in [-0.1, -0.05) is 24.3 Å². The van der Waals surface area contributed by atoms with E-state index >= 15 is 0 Å². The van der Waals surface area contributed by atoms with Gasteiger partial charge in [0.05, 0.1) is 30.6 Å². The predicted octanol–water partition coefficient (Wildman–Crippen LogP) is 3.01. The average molecular weight is 453 g/mol. The van der Waals surface area contributed by atoms with Gasteiger partial charge in [-0.15, -0.1) is 11.3 Å². The Morgan fingerprint density at radius 1 is 1.00 bits per heavy atom. The number of fused-ring (bicyclic) bond motifs is 1. The highest BCUT2D eigenvalue weighted by molar-refractivity contribution is 7.12. The van der Waals surface area contributed by atoms with Gasteiger partial charge in [0.25, 0.3) is 5.91 Å². The van der Waals surface area contributed by atoms with E-state index in [1.165, 1.54) is 28.0 Å². The Labute approximate surface area is 192 Å². The van der Waals surface area contributed by atoms with Crippen molar-refractivity contribution in [3.05, 3.63) is 56.8 Å². The molecular weight excluding hydrogens is 424 g/mol. The van der Waals surface area contributed by atoms with Crippen molar-refractivity contribution in [2.75, 3.05) is 26.3 Å². The van der Waals surface area contributed by atoms with E-state index in [0.717, 1.165) is 56.1 Å². The molecule has 1 atom stereocenters. The first kappa shape index (κ1) is 21.5. The maximum atomic E-state index is 12.9. The monoisotopic (exact) mass is 452 g/mol. The van der Waals surface area contributed by atoms with Crippen LogP contribution in [0.15, 0.2) is 29.6 Å². The van der Waals surface area contributed by atoms with E-state index in [1.54, 1.807) is 4.90 Å². The number of hydrogen-bond donors (Lipinski definition) is 0. The Balaban J connectivity index is 1.19. The van der Waals surface area contributed by atoms with Gasteiger partial charge in [-0.2, -0.15) is 0 Å². The molecule has 1 aromatic heterocycles. The fraction of sp³-hybridized carbons (Fsp3) is 0.480. The largest absolute Gasteiger partial charge is 0.379 e. The topological polar surface area (TPSA) is 66.9 Å². The second-order valence-corrected chi connectivity index (χ2v) is 9.82. The van der Waals surface area contributed by atoms with E-state index in [2.05, 4.69) is 34.5 Å². The Morgan fingerprint density at radius 2 is 1.75 bits per heavy atom. The molecule has 3 heterocycles. The fourth-order valence-electron chi connectivity index (χ4n) is 4.90. The van der Waals surface area contributed by atoms with Crippen LogP contribution < -0.4 is 0 Å². The van der Waals surface area contributed by atoms with Gasteiger partial charge in [0.2, 0.25) is 0 Å². The summed E-state index contributed by atoms with van der Waals surface area (Å²) in [5.41, 5.74) is 4.90. The van der Waals surface area contributed by atoms with Crippen molar-refractivity contribution in [3.8, 4) is 0 Å². The molecule has 6 nitrogen and oxygen atoms in total. The van der Waals surface area contributed by atoms with Crippen molar-refractivity contribution in [3.63, 3.8) is 0 Å². The van der Waals surface area contributed by atoms with E-state index in [0.29, 0.717) is 19.4 Å². The van der Waals surface area contributed by atoms with Crippen LogP contribution in [0.5, 0.6) is 0 Å². The summed E-state index contributed by atoms with van der Waals surface area (Å²) in [6, 6.07) is 8.40. The SMILES string of the molecule is O=C1CC[C@H](N2Cc3c(CCc4ccc(CN5CCOCC5)cc4)csc3C2=O)C(=O)C1. The number of carbonyl (C=O) groups is 3. The highest BCUT2D eigenvalue weighted by Crippen LogP contribution is 2.35. The molecule has 5 rings (SSSR count). The standard InChI is InChI=1S/C25H28N2O4S/c28-20-7-8-22(23(29)13-20)27-15-21-19(16-32-24(21)25(27)30)6-5-17-1-3-18(4-2-17)14-26-9-11-31-12-10-26/h1-4,16,22H,5-15H2/t22-/m0/s1. The fourth-order valence-corrected chi connectivity index (χ4v) is 5.98. The second kappa shape index (κ2) is 9.25. The number of aryl methyl sites for hydroxylation is 2. The van der Waals surface area contributed by atoms with Crippen molar-refractivity contribution in [2.24, 2.45) is 0 Å². The number of ketones is 2. The number of carbonyl (C=O) groups excluding carboxylic acids is 3. The van der Waals surface area contributed by atoms with Gasteiger partial charge < -0.3 is 9.64 Å². The van der Waals surface area contributed by atoms with Gasteiger partial charge in [0, 0.05) is 32.6 Å². The van der Waals surface area contributed by atoms with Crippen molar-refractivity contribution in [1.29, 1.82) is 0 Å². The molecule has 0 radical (unpaired) electrons. The zero-order valence-corrected chi connectivity index (χ0v) is 19.0. The first-order valence-corrected chi connectivity index (χ1v) is 12.3. The summed E-state index contributed by atoms with van der Waals surface area (Å²) in [7, 11) is 0. The van der Waals surface area contributed by atoms with E-state index < -0.39 is 6.04 Å². The van der Waals surface area contributed by atoms with Gasteiger partial charge in [0.15, 0.2) is 5.78 Å². The van der Waals surface area contributed by atoms with Gasteiger partial charge in [-0.3, -0.25) is 19.3 Å². The van der Waals surface area contributed by atoms with Crippen molar-refractivity contribution in [2.45, 2.75) is 51.2 Å². The molecule has 2 aromatic rings. The third kappa shape index (κ3) is 4.42. The third-order valence-corrected chi connectivity index (χ3v) is 7.86. The van der Waals surface area contributed by atoms with Crippen molar-refractivity contribution >= 4 is 28.8 Å². The van der Waals surface area contributed by atoms with Gasteiger partial charge in [-0.25, -0.2) is 0 Å². The number of ether oxygens (including phenoxy) is 1. The summed E-state index contributed by atoms with van der Waals surface area (Å²) in [6.07, 6.45) is 2.63. The lowest BCUT2D eigenvalue weighted by Crippen LogP contribution is -2.44. The number of hydrogen-bond acceptors (Lipinski definition) is 6. The van der Waals surface area contributed by atoms with Gasteiger partial charge in [0.1, 0.15) is 5.78 Å². The maximum Gasteiger partial charge on any atom is 0.265 e. The summed E-state index contributed by atoms with van der Waals surface area (Å²) in [5, 5.41) is 2.10. The van der Waals surface area contributed by atoms with Crippen LogP contribution in [-0.4, -0.2) is 59.6 Å². The zero-order chi connectivity index (χ0) is 22.1. The lowest BCUT2D eigenvalue weighted by atomic mass is 9.92. The summed E-state index contributed by atoms with van der Waals surface area (Å²) in [4.78, 5) is 41.7. The van der Waals surface area contributed by atoms with Crippen LogP contribution in [0.4, 0.5) is 0 Å². The van der Waals surface area contributed by atoms with E-state index in [-0.39, 0.29) is 23.9 Å². The van der Waals surface area contributed by atoms with Crippen LogP contribution in [0, 0.1) is 0 Å². The molecule has 1 amide bonds.